The van der Waals surface area contributed by atoms with Gasteiger partial charge in [-0.2, -0.15) is 0 Å². The molecule has 126 valence electrons. The van der Waals surface area contributed by atoms with Crippen LogP contribution in [0.2, 0.25) is 0 Å². The summed E-state index contributed by atoms with van der Waals surface area (Å²) in [5.74, 6) is -1.95. The highest BCUT2D eigenvalue weighted by atomic mass is 16.6. The third kappa shape index (κ3) is 2.73. The molecule has 4 atom stereocenters. The summed E-state index contributed by atoms with van der Waals surface area (Å²) in [5.41, 5.74) is -1.41. The van der Waals surface area contributed by atoms with E-state index in [0.717, 1.165) is 0 Å². The zero-order valence-corrected chi connectivity index (χ0v) is 15.1. The Bertz CT molecular complexity index is 472. The van der Waals surface area contributed by atoms with Gasteiger partial charge in [-0.05, 0) is 12.3 Å². The van der Waals surface area contributed by atoms with Crippen LogP contribution in [0.3, 0.4) is 0 Å². The maximum Gasteiger partial charge on any atom is 0.318 e. The number of allylic oxidation sites excluding steroid dienone is 1. The summed E-state index contributed by atoms with van der Waals surface area (Å²) in [7, 11) is 1.65. The van der Waals surface area contributed by atoms with Crippen molar-refractivity contribution in [1.82, 2.24) is 0 Å². The van der Waals surface area contributed by atoms with E-state index in [2.05, 4.69) is 6.58 Å². The molecular weight excluding hydrogens is 280 g/mol. The molecule has 1 rings (SSSR count). The number of esters is 2. The molecule has 0 spiro atoms. The van der Waals surface area contributed by atoms with Crippen LogP contribution in [0.25, 0.3) is 0 Å². The van der Waals surface area contributed by atoms with E-state index in [1.807, 2.05) is 48.5 Å². The molecule has 4 unspecified atom stereocenters. The van der Waals surface area contributed by atoms with E-state index in [1.165, 1.54) is 0 Å². The number of carbonyl (C=O) groups is 2. The largest absolute Gasteiger partial charge is 0.393 e. The van der Waals surface area contributed by atoms with Gasteiger partial charge in [-0.25, -0.2) is 0 Å². The third-order valence-corrected chi connectivity index (χ3v) is 5.80. The molecule has 1 aliphatic rings. The zero-order chi connectivity index (χ0) is 17.5. The molecule has 0 saturated carbocycles. The number of methoxy groups -OCH3 is 1. The summed E-state index contributed by atoms with van der Waals surface area (Å²) < 4.78 is 10.5. The number of hydrogen-bond donors (Lipinski definition) is 0. The van der Waals surface area contributed by atoms with E-state index in [9.17, 15) is 9.59 Å². The SMILES string of the molecule is C=CC(C)(C1C(=O)OC(=O)C1C(C)(C)C)C(C)(C)C(C)OC. The number of cyclic esters (lactones) is 2. The second-order valence-corrected chi connectivity index (χ2v) is 8.15. The minimum atomic E-state index is -0.635. The summed E-state index contributed by atoms with van der Waals surface area (Å²) in [6, 6.07) is 0. The van der Waals surface area contributed by atoms with E-state index in [-0.39, 0.29) is 11.5 Å². The van der Waals surface area contributed by atoms with E-state index in [1.54, 1.807) is 13.2 Å². The first-order valence-corrected chi connectivity index (χ1v) is 7.76. The average Bonchev–Trinajstić information content (AvgIpc) is 2.71. The monoisotopic (exact) mass is 310 g/mol. The standard InChI is InChI=1S/C18H30O4/c1-10-18(8,17(6,7)11(2)21-9)13-12(16(3,4)5)14(19)22-15(13)20/h10-13H,1H2,2-9H3. The van der Waals surface area contributed by atoms with Gasteiger partial charge >= 0.3 is 11.9 Å². The van der Waals surface area contributed by atoms with E-state index < -0.39 is 34.6 Å². The maximum atomic E-state index is 12.5. The topological polar surface area (TPSA) is 52.6 Å². The summed E-state index contributed by atoms with van der Waals surface area (Å²) in [6.45, 7) is 17.9. The van der Waals surface area contributed by atoms with Crippen LogP contribution in [0, 0.1) is 28.1 Å². The summed E-state index contributed by atoms with van der Waals surface area (Å²) in [6.07, 6.45) is 1.67. The van der Waals surface area contributed by atoms with Crippen LogP contribution in [-0.4, -0.2) is 25.2 Å². The predicted molar refractivity (Wildman–Crippen MR) is 86.1 cm³/mol. The quantitative estimate of drug-likeness (QED) is 0.442. The highest BCUT2D eigenvalue weighted by Crippen LogP contribution is 2.56. The molecule has 4 nitrogen and oxygen atoms in total. The van der Waals surface area contributed by atoms with Crippen LogP contribution < -0.4 is 0 Å². The van der Waals surface area contributed by atoms with Gasteiger partial charge in [-0.1, -0.05) is 47.6 Å². The molecule has 0 radical (unpaired) electrons. The lowest BCUT2D eigenvalue weighted by Gasteiger charge is -2.50. The highest BCUT2D eigenvalue weighted by Gasteiger charge is 2.61. The molecule has 1 heterocycles. The molecule has 1 aliphatic heterocycles. The fraction of sp³-hybridized carbons (Fsp3) is 0.778. The fourth-order valence-electron chi connectivity index (χ4n) is 3.47. The normalized spacial score (nSPS) is 27.3. The van der Waals surface area contributed by atoms with E-state index in [0.29, 0.717) is 0 Å². The van der Waals surface area contributed by atoms with Gasteiger partial charge in [0.1, 0.15) is 0 Å². The van der Waals surface area contributed by atoms with Gasteiger partial charge in [0.15, 0.2) is 0 Å². The summed E-state index contributed by atoms with van der Waals surface area (Å²) >= 11 is 0. The molecule has 0 N–H and O–H groups in total. The summed E-state index contributed by atoms with van der Waals surface area (Å²) in [5, 5.41) is 0. The number of ether oxygens (including phenoxy) is 2. The predicted octanol–water partition coefficient (Wildman–Crippen LogP) is 3.60. The lowest BCUT2D eigenvalue weighted by Crippen LogP contribution is -2.51. The molecule has 22 heavy (non-hydrogen) atoms. The summed E-state index contributed by atoms with van der Waals surface area (Å²) in [4.78, 5) is 24.7. The first-order valence-electron chi connectivity index (χ1n) is 7.76. The molecule has 0 aromatic heterocycles. The smallest absolute Gasteiger partial charge is 0.318 e. The van der Waals surface area contributed by atoms with Crippen LogP contribution in [0.1, 0.15) is 48.5 Å². The van der Waals surface area contributed by atoms with Gasteiger partial charge in [-0.15, -0.1) is 6.58 Å². The van der Waals surface area contributed by atoms with Crippen molar-refractivity contribution in [2.24, 2.45) is 28.1 Å². The van der Waals surface area contributed by atoms with Crippen molar-refractivity contribution in [2.75, 3.05) is 7.11 Å². The second-order valence-electron chi connectivity index (χ2n) is 8.15. The van der Waals surface area contributed by atoms with Gasteiger partial charge in [0.05, 0.1) is 17.9 Å². The van der Waals surface area contributed by atoms with Gasteiger partial charge in [0.25, 0.3) is 0 Å². The third-order valence-electron chi connectivity index (χ3n) is 5.80. The highest BCUT2D eigenvalue weighted by molar-refractivity contribution is 5.97. The fourth-order valence-corrected chi connectivity index (χ4v) is 3.47. The first-order chi connectivity index (χ1) is 9.84. The Morgan fingerprint density at radius 3 is 1.91 bits per heavy atom. The van der Waals surface area contributed by atoms with Crippen molar-refractivity contribution in [2.45, 2.75) is 54.6 Å². The van der Waals surface area contributed by atoms with Crippen LogP contribution in [0.5, 0.6) is 0 Å². The van der Waals surface area contributed by atoms with Crippen molar-refractivity contribution in [3.63, 3.8) is 0 Å². The van der Waals surface area contributed by atoms with Crippen molar-refractivity contribution >= 4 is 11.9 Å². The van der Waals surface area contributed by atoms with Crippen molar-refractivity contribution in [3.8, 4) is 0 Å². The molecule has 4 heteroatoms. The zero-order valence-electron chi connectivity index (χ0n) is 15.1. The Balaban J connectivity index is 3.47. The Kier molecular flexibility index (Phi) is 4.98. The number of carbonyl (C=O) groups excluding carboxylic acids is 2. The van der Waals surface area contributed by atoms with E-state index >= 15 is 0 Å². The maximum absolute atomic E-state index is 12.5. The molecular formula is C18H30O4. The molecule has 0 aromatic carbocycles. The Labute approximate surface area is 134 Å². The minimum absolute atomic E-state index is 0.111. The lowest BCUT2D eigenvalue weighted by molar-refractivity contribution is -0.156. The van der Waals surface area contributed by atoms with Crippen LogP contribution >= 0.6 is 0 Å². The Morgan fingerprint density at radius 2 is 1.55 bits per heavy atom. The van der Waals surface area contributed by atoms with E-state index in [4.69, 9.17) is 9.47 Å². The number of rotatable bonds is 5. The molecule has 0 aromatic rings. The van der Waals surface area contributed by atoms with Crippen molar-refractivity contribution in [1.29, 1.82) is 0 Å². The minimum Gasteiger partial charge on any atom is -0.393 e. The molecule has 0 amide bonds. The average molecular weight is 310 g/mol. The Hall–Kier alpha value is -1.16. The molecule has 0 bridgehead atoms. The molecule has 1 saturated heterocycles. The van der Waals surface area contributed by atoms with Gasteiger partial charge in [-0.3, -0.25) is 9.59 Å². The number of hydrogen-bond acceptors (Lipinski definition) is 4. The van der Waals surface area contributed by atoms with Gasteiger partial charge in [0.2, 0.25) is 0 Å². The second kappa shape index (κ2) is 5.80. The van der Waals surface area contributed by atoms with Crippen LogP contribution in [0.15, 0.2) is 12.7 Å². The van der Waals surface area contributed by atoms with Gasteiger partial charge < -0.3 is 9.47 Å². The molecule has 0 aliphatic carbocycles. The van der Waals surface area contributed by atoms with Crippen LogP contribution in [0.4, 0.5) is 0 Å². The van der Waals surface area contributed by atoms with Gasteiger partial charge in [0, 0.05) is 17.9 Å². The van der Waals surface area contributed by atoms with Crippen LogP contribution in [-0.2, 0) is 19.1 Å². The molecule has 1 fully saturated rings. The van der Waals surface area contributed by atoms with Crippen molar-refractivity contribution in [3.05, 3.63) is 12.7 Å². The lowest BCUT2D eigenvalue weighted by atomic mass is 9.53. The first kappa shape index (κ1) is 18.9. The Morgan fingerprint density at radius 1 is 1.09 bits per heavy atom. The van der Waals surface area contributed by atoms with Crippen molar-refractivity contribution < 1.29 is 19.1 Å².